The SMILES string of the molecule is CC(C)(C)c1ccc(CN2CCc3nc(-c4ccc(N)cc4)[nH]c(=O)c3C2)cc1. The molecule has 0 spiro atoms. The molecular weight excluding hydrogens is 360 g/mol. The molecule has 0 unspecified atom stereocenters. The maximum Gasteiger partial charge on any atom is 0.255 e. The van der Waals surface area contributed by atoms with Crippen LogP contribution in [-0.4, -0.2) is 21.4 Å². The fourth-order valence-electron chi connectivity index (χ4n) is 3.76. The number of aromatic nitrogens is 2. The Labute approximate surface area is 171 Å². The second-order valence-corrected chi connectivity index (χ2v) is 8.87. The van der Waals surface area contributed by atoms with Gasteiger partial charge in [0, 0.05) is 37.3 Å². The van der Waals surface area contributed by atoms with Gasteiger partial charge in [0.15, 0.2) is 0 Å². The summed E-state index contributed by atoms with van der Waals surface area (Å²) in [5, 5.41) is 0. The van der Waals surface area contributed by atoms with Crippen LogP contribution in [0.4, 0.5) is 5.69 Å². The molecule has 3 N–H and O–H groups in total. The summed E-state index contributed by atoms with van der Waals surface area (Å²) in [6, 6.07) is 16.2. The first-order valence-electron chi connectivity index (χ1n) is 10.1. The molecule has 1 aliphatic rings. The van der Waals surface area contributed by atoms with E-state index in [1.807, 2.05) is 24.3 Å². The molecule has 0 radical (unpaired) electrons. The molecule has 0 bridgehead atoms. The minimum atomic E-state index is -0.0467. The number of hydrogen-bond acceptors (Lipinski definition) is 4. The molecule has 150 valence electrons. The number of anilines is 1. The molecule has 5 nitrogen and oxygen atoms in total. The fourth-order valence-corrected chi connectivity index (χ4v) is 3.76. The van der Waals surface area contributed by atoms with Gasteiger partial charge in [-0.2, -0.15) is 0 Å². The van der Waals surface area contributed by atoms with Crippen LogP contribution in [0.25, 0.3) is 11.4 Å². The summed E-state index contributed by atoms with van der Waals surface area (Å²) in [6.07, 6.45) is 0.779. The van der Waals surface area contributed by atoms with E-state index in [1.165, 1.54) is 11.1 Å². The molecule has 1 aromatic heterocycles. The Balaban J connectivity index is 1.51. The molecule has 5 heteroatoms. The molecule has 1 aliphatic heterocycles. The Morgan fingerprint density at radius 2 is 1.76 bits per heavy atom. The topological polar surface area (TPSA) is 75.0 Å². The van der Waals surface area contributed by atoms with E-state index in [-0.39, 0.29) is 11.0 Å². The van der Waals surface area contributed by atoms with E-state index in [2.05, 4.69) is 54.9 Å². The smallest absolute Gasteiger partial charge is 0.255 e. The first-order chi connectivity index (χ1) is 13.8. The lowest BCUT2D eigenvalue weighted by atomic mass is 9.86. The molecule has 4 rings (SSSR count). The van der Waals surface area contributed by atoms with Crippen molar-refractivity contribution in [3.05, 3.63) is 81.3 Å². The molecule has 0 atom stereocenters. The first kappa shape index (κ1) is 19.4. The van der Waals surface area contributed by atoms with Crippen LogP contribution >= 0.6 is 0 Å². The van der Waals surface area contributed by atoms with Crippen LogP contribution in [-0.2, 0) is 24.9 Å². The molecule has 0 aliphatic carbocycles. The second kappa shape index (κ2) is 7.48. The van der Waals surface area contributed by atoms with Crippen LogP contribution < -0.4 is 11.3 Å². The predicted octanol–water partition coefficient (Wildman–Crippen LogP) is 3.87. The van der Waals surface area contributed by atoms with E-state index in [1.54, 1.807) is 0 Å². The number of H-pyrrole nitrogens is 1. The van der Waals surface area contributed by atoms with Crippen molar-refractivity contribution in [2.75, 3.05) is 12.3 Å². The molecule has 0 amide bonds. The van der Waals surface area contributed by atoms with Crippen molar-refractivity contribution in [1.82, 2.24) is 14.9 Å². The largest absolute Gasteiger partial charge is 0.399 e. The maximum atomic E-state index is 12.7. The van der Waals surface area contributed by atoms with Crippen molar-refractivity contribution >= 4 is 5.69 Å². The third-order valence-corrected chi connectivity index (χ3v) is 5.56. The molecule has 2 heterocycles. The fraction of sp³-hybridized carbons (Fsp3) is 0.333. The highest BCUT2D eigenvalue weighted by Crippen LogP contribution is 2.24. The summed E-state index contributed by atoms with van der Waals surface area (Å²) in [6.45, 7) is 9.03. The number of nitrogens with zero attached hydrogens (tertiary/aromatic N) is 2. The van der Waals surface area contributed by atoms with Crippen LogP contribution in [0.1, 0.15) is 43.2 Å². The van der Waals surface area contributed by atoms with Crippen LogP contribution in [0, 0.1) is 0 Å². The van der Waals surface area contributed by atoms with Crippen molar-refractivity contribution < 1.29 is 0 Å². The number of hydrogen-bond donors (Lipinski definition) is 2. The molecule has 0 saturated heterocycles. The average Bonchev–Trinajstić information content (AvgIpc) is 2.68. The molecule has 0 saturated carbocycles. The van der Waals surface area contributed by atoms with E-state index in [0.29, 0.717) is 18.1 Å². The van der Waals surface area contributed by atoms with Gasteiger partial charge in [-0.25, -0.2) is 4.98 Å². The minimum absolute atomic E-state index is 0.0467. The highest BCUT2D eigenvalue weighted by molar-refractivity contribution is 5.58. The molecule has 29 heavy (non-hydrogen) atoms. The van der Waals surface area contributed by atoms with Gasteiger partial charge in [0.2, 0.25) is 0 Å². The Morgan fingerprint density at radius 3 is 2.41 bits per heavy atom. The van der Waals surface area contributed by atoms with Gasteiger partial charge in [-0.15, -0.1) is 0 Å². The highest BCUT2D eigenvalue weighted by Gasteiger charge is 2.22. The van der Waals surface area contributed by atoms with Crippen LogP contribution in [0.15, 0.2) is 53.3 Å². The van der Waals surface area contributed by atoms with Crippen LogP contribution in [0.3, 0.4) is 0 Å². The van der Waals surface area contributed by atoms with E-state index in [0.717, 1.165) is 36.3 Å². The standard InChI is InChI=1S/C24H28N4O/c1-24(2,3)18-8-4-16(5-9-18)14-28-13-12-21-20(15-28)23(29)27-22(26-21)17-6-10-19(25)11-7-17/h4-11H,12-15,25H2,1-3H3,(H,26,27,29). The highest BCUT2D eigenvalue weighted by atomic mass is 16.1. The Bertz CT molecular complexity index is 1060. The normalized spacial score (nSPS) is 14.6. The summed E-state index contributed by atoms with van der Waals surface area (Å²) in [5.74, 6) is 0.611. The van der Waals surface area contributed by atoms with Crippen molar-refractivity contribution in [3.8, 4) is 11.4 Å². The zero-order valence-corrected chi connectivity index (χ0v) is 17.3. The number of benzene rings is 2. The third-order valence-electron chi connectivity index (χ3n) is 5.56. The van der Waals surface area contributed by atoms with E-state index >= 15 is 0 Å². The Hall–Kier alpha value is -2.92. The van der Waals surface area contributed by atoms with Gasteiger partial charge in [0.1, 0.15) is 5.82 Å². The lowest BCUT2D eigenvalue weighted by Gasteiger charge is -2.28. The van der Waals surface area contributed by atoms with Crippen molar-refractivity contribution in [2.45, 2.75) is 45.7 Å². The zero-order chi connectivity index (χ0) is 20.6. The second-order valence-electron chi connectivity index (χ2n) is 8.87. The summed E-state index contributed by atoms with van der Waals surface area (Å²) >= 11 is 0. The van der Waals surface area contributed by atoms with Gasteiger partial charge in [-0.1, -0.05) is 45.0 Å². The molecule has 0 fully saturated rings. The predicted molar refractivity (Wildman–Crippen MR) is 118 cm³/mol. The van der Waals surface area contributed by atoms with Crippen molar-refractivity contribution in [2.24, 2.45) is 0 Å². The van der Waals surface area contributed by atoms with Crippen LogP contribution in [0.5, 0.6) is 0 Å². The van der Waals surface area contributed by atoms with Crippen molar-refractivity contribution in [1.29, 1.82) is 0 Å². The number of fused-ring (bicyclic) bond motifs is 1. The Morgan fingerprint density at radius 1 is 1.07 bits per heavy atom. The first-order valence-corrected chi connectivity index (χ1v) is 10.1. The molecule has 2 aromatic carbocycles. The van der Waals surface area contributed by atoms with E-state index in [4.69, 9.17) is 10.7 Å². The van der Waals surface area contributed by atoms with Gasteiger partial charge in [0.25, 0.3) is 5.56 Å². The zero-order valence-electron chi connectivity index (χ0n) is 17.3. The van der Waals surface area contributed by atoms with Crippen LogP contribution in [0.2, 0.25) is 0 Å². The number of aromatic amines is 1. The van der Waals surface area contributed by atoms with Gasteiger partial charge in [-0.05, 0) is 40.8 Å². The summed E-state index contributed by atoms with van der Waals surface area (Å²) in [5.41, 5.74) is 11.7. The van der Waals surface area contributed by atoms with E-state index in [9.17, 15) is 4.79 Å². The van der Waals surface area contributed by atoms with Gasteiger partial charge in [-0.3, -0.25) is 9.69 Å². The lowest BCUT2D eigenvalue weighted by Crippen LogP contribution is -2.35. The molecule has 3 aromatic rings. The van der Waals surface area contributed by atoms with Gasteiger partial charge < -0.3 is 10.7 Å². The van der Waals surface area contributed by atoms with Gasteiger partial charge in [0.05, 0.1) is 11.3 Å². The number of nitrogen functional groups attached to an aromatic ring is 1. The third kappa shape index (κ3) is 4.25. The number of rotatable bonds is 3. The Kier molecular flexibility index (Phi) is 5.01. The summed E-state index contributed by atoms with van der Waals surface area (Å²) in [4.78, 5) is 22.7. The average molecular weight is 389 g/mol. The lowest BCUT2D eigenvalue weighted by molar-refractivity contribution is 0.242. The van der Waals surface area contributed by atoms with E-state index < -0.39 is 0 Å². The molecular formula is C24H28N4O. The number of nitrogens with two attached hydrogens (primary N) is 1. The monoisotopic (exact) mass is 388 g/mol. The van der Waals surface area contributed by atoms with Gasteiger partial charge >= 0.3 is 0 Å². The number of nitrogens with one attached hydrogen (secondary N) is 1. The quantitative estimate of drug-likeness (QED) is 0.668. The van der Waals surface area contributed by atoms with Crippen molar-refractivity contribution in [3.63, 3.8) is 0 Å². The summed E-state index contributed by atoms with van der Waals surface area (Å²) < 4.78 is 0. The summed E-state index contributed by atoms with van der Waals surface area (Å²) in [7, 11) is 0. The minimum Gasteiger partial charge on any atom is -0.399 e. The maximum absolute atomic E-state index is 12.7.